The van der Waals surface area contributed by atoms with E-state index in [9.17, 15) is 19.2 Å². The van der Waals surface area contributed by atoms with E-state index in [1.165, 1.54) is 4.90 Å². The van der Waals surface area contributed by atoms with Crippen molar-refractivity contribution in [2.45, 2.75) is 58.0 Å². The predicted molar refractivity (Wildman–Crippen MR) is 139 cm³/mol. The minimum absolute atomic E-state index is 0.106. The third-order valence-electron chi connectivity index (χ3n) is 6.30. The molecule has 0 aromatic heterocycles. The minimum atomic E-state index is -1.33. The van der Waals surface area contributed by atoms with Crippen molar-refractivity contribution >= 4 is 23.9 Å². The molecule has 0 bridgehead atoms. The lowest BCUT2D eigenvalue weighted by Gasteiger charge is -2.32. The molecule has 2 aromatic carbocycles. The average molecular weight is 510 g/mol. The van der Waals surface area contributed by atoms with Gasteiger partial charge in [-0.2, -0.15) is 0 Å². The van der Waals surface area contributed by atoms with E-state index in [0.717, 1.165) is 22.3 Å². The van der Waals surface area contributed by atoms with Crippen molar-refractivity contribution in [1.29, 1.82) is 0 Å². The van der Waals surface area contributed by atoms with Crippen LogP contribution in [0.1, 0.15) is 57.6 Å². The van der Waals surface area contributed by atoms with Crippen LogP contribution >= 0.6 is 0 Å². The number of nitrogens with one attached hydrogen (secondary N) is 2. The van der Waals surface area contributed by atoms with E-state index < -0.39 is 35.5 Å². The first-order valence-corrected chi connectivity index (χ1v) is 12.5. The summed E-state index contributed by atoms with van der Waals surface area (Å²) < 4.78 is 5.58. The highest BCUT2D eigenvalue weighted by Crippen LogP contribution is 2.44. The number of carboxylic acid groups (broad SMARTS) is 1. The zero-order valence-electron chi connectivity index (χ0n) is 21.7. The van der Waals surface area contributed by atoms with Gasteiger partial charge in [0.25, 0.3) is 0 Å². The second kappa shape index (κ2) is 11.9. The fourth-order valence-corrected chi connectivity index (χ4v) is 4.67. The molecule has 9 nitrogen and oxygen atoms in total. The average Bonchev–Trinajstić information content (AvgIpc) is 3.15. The van der Waals surface area contributed by atoms with E-state index >= 15 is 0 Å². The zero-order chi connectivity index (χ0) is 27.2. The summed E-state index contributed by atoms with van der Waals surface area (Å²) in [6.07, 6.45) is -0.344. The first-order valence-electron chi connectivity index (χ1n) is 12.5. The predicted octanol–water partition coefficient (Wildman–Crippen LogP) is 3.52. The van der Waals surface area contributed by atoms with E-state index in [-0.39, 0.29) is 25.5 Å². The first kappa shape index (κ1) is 27.7. The SMILES string of the molecule is CCCN(CC(=O)NC(C)CC(=O)O)C(=O)C(C)(C)NC(=O)OCC1c2ccccc2-c2ccccc21. The largest absolute Gasteiger partial charge is 0.481 e. The van der Waals surface area contributed by atoms with Crippen molar-refractivity contribution in [3.63, 3.8) is 0 Å². The van der Waals surface area contributed by atoms with E-state index in [1.807, 2.05) is 43.3 Å². The molecule has 3 rings (SSSR count). The minimum Gasteiger partial charge on any atom is -0.481 e. The number of fused-ring (bicyclic) bond motifs is 3. The highest BCUT2D eigenvalue weighted by Gasteiger charge is 2.36. The summed E-state index contributed by atoms with van der Waals surface area (Å²) in [5.41, 5.74) is 3.08. The van der Waals surface area contributed by atoms with E-state index in [2.05, 4.69) is 22.8 Å². The maximum Gasteiger partial charge on any atom is 0.408 e. The standard InChI is InChI=1S/C28H35N3O6/c1-5-14-31(16-24(32)29-18(2)15-25(33)34)26(35)28(3,4)30-27(36)37-17-23-21-12-8-6-10-19(21)20-11-7-9-13-22(20)23/h6-13,18,23H,5,14-17H2,1-4H3,(H,29,32)(H,30,36)(H,33,34). The lowest BCUT2D eigenvalue weighted by molar-refractivity contribution is -0.141. The number of hydrogen-bond acceptors (Lipinski definition) is 5. The second-order valence-corrected chi connectivity index (χ2v) is 9.87. The molecule has 2 aromatic rings. The third-order valence-corrected chi connectivity index (χ3v) is 6.30. The molecule has 0 heterocycles. The number of carbonyl (C=O) groups excluding carboxylic acids is 3. The van der Waals surface area contributed by atoms with Crippen molar-refractivity contribution in [3.05, 3.63) is 59.7 Å². The second-order valence-electron chi connectivity index (χ2n) is 9.87. The number of rotatable bonds is 11. The Bertz CT molecular complexity index is 1120. The Kier molecular flexibility index (Phi) is 8.91. The first-order chi connectivity index (χ1) is 17.5. The van der Waals surface area contributed by atoms with Crippen LogP contribution in [0, 0.1) is 0 Å². The number of alkyl carbamates (subject to hydrolysis) is 1. The number of ether oxygens (including phenoxy) is 1. The van der Waals surface area contributed by atoms with Gasteiger partial charge in [-0.1, -0.05) is 55.5 Å². The van der Waals surface area contributed by atoms with Gasteiger partial charge in [0.1, 0.15) is 12.1 Å². The normalized spacial score (nSPS) is 13.2. The lowest BCUT2D eigenvalue weighted by Crippen LogP contribution is -2.58. The number of benzene rings is 2. The molecule has 0 aliphatic heterocycles. The van der Waals surface area contributed by atoms with Crippen molar-refractivity contribution in [2.24, 2.45) is 0 Å². The molecule has 1 aliphatic rings. The number of carbonyl (C=O) groups is 4. The van der Waals surface area contributed by atoms with Gasteiger partial charge in [-0.3, -0.25) is 14.4 Å². The lowest BCUT2D eigenvalue weighted by atomic mass is 9.98. The van der Waals surface area contributed by atoms with Gasteiger partial charge in [0, 0.05) is 18.5 Å². The Morgan fingerprint density at radius 1 is 1.03 bits per heavy atom. The molecule has 3 amide bonds. The quantitative estimate of drug-likeness (QED) is 0.426. The fourth-order valence-electron chi connectivity index (χ4n) is 4.67. The van der Waals surface area contributed by atoms with Gasteiger partial charge < -0.3 is 25.4 Å². The van der Waals surface area contributed by atoms with Crippen molar-refractivity contribution in [2.75, 3.05) is 19.7 Å². The molecule has 0 radical (unpaired) electrons. The summed E-state index contributed by atoms with van der Waals surface area (Å²) in [5.74, 6) is -2.04. The molecule has 198 valence electrons. The van der Waals surface area contributed by atoms with Crippen LogP contribution in [0.5, 0.6) is 0 Å². The molecule has 1 unspecified atom stereocenters. The number of nitrogens with zero attached hydrogens (tertiary/aromatic N) is 1. The molecule has 0 fully saturated rings. The smallest absolute Gasteiger partial charge is 0.408 e. The van der Waals surface area contributed by atoms with Gasteiger partial charge in [-0.25, -0.2) is 4.79 Å². The number of carboxylic acids is 1. The van der Waals surface area contributed by atoms with Gasteiger partial charge in [-0.05, 0) is 49.4 Å². The van der Waals surface area contributed by atoms with Crippen LogP contribution in [0.3, 0.4) is 0 Å². The maximum atomic E-state index is 13.3. The molecular formula is C28H35N3O6. The zero-order valence-corrected chi connectivity index (χ0v) is 21.7. The van der Waals surface area contributed by atoms with Crippen molar-refractivity contribution in [3.8, 4) is 11.1 Å². The van der Waals surface area contributed by atoms with E-state index in [0.29, 0.717) is 13.0 Å². The highest BCUT2D eigenvalue weighted by atomic mass is 16.5. The monoisotopic (exact) mass is 509 g/mol. The van der Waals surface area contributed by atoms with Gasteiger partial charge in [-0.15, -0.1) is 0 Å². The van der Waals surface area contributed by atoms with Gasteiger partial charge in [0.05, 0.1) is 13.0 Å². The Labute approximate surface area is 217 Å². The van der Waals surface area contributed by atoms with Crippen LogP contribution in [0.2, 0.25) is 0 Å². The van der Waals surface area contributed by atoms with Crippen LogP contribution < -0.4 is 10.6 Å². The summed E-state index contributed by atoms with van der Waals surface area (Å²) in [6, 6.07) is 15.5. The topological polar surface area (TPSA) is 125 Å². The summed E-state index contributed by atoms with van der Waals surface area (Å²) >= 11 is 0. The van der Waals surface area contributed by atoms with E-state index in [4.69, 9.17) is 9.84 Å². The Morgan fingerprint density at radius 3 is 2.14 bits per heavy atom. The summed E-state index contributed by atoms with van der Waals surface area (Å²) in [4.78, 5) is 50.6. The van der Waals surface area contributed by atoms with Crippen LogP contribution in [0.15, 0.2) is 48.5 Å². The van der Waals surface area contributed by atoms with Crippen LogP contribution in [0.25, 0.3) is 11.1 Å². The third kappa shape index (κ3) is 6.87. The molecule has 37 heavy (non-hydrogen) atoms. The molecule has 1 aliphatic carbocycles. The Hall–Kier alpha value is -3.88. The number of amides is 3. The number of hydrogen-bond donors (Lipinski definition) is 3. The summed E-state index contributed by atoms with van der Waals surface area (Å²) in [5, 5.41) is 14.1. The van der Waals surface area contributed by atoms with Crippen molar-refractivity contribution in [1.82, 2.24) is 15.5 Å². The van der Waals surface area contributed by atoms with Crippen LogP contribution in [0.4, 0.5) is 4.79 Å². The molecule has 0 saturated carbocycles. The van der Waals surface area contributed by atoms with Crippen LogP contribution in [-0.2, 0) is 19.1 Å². The van der Waals surface area contributed by atoms with Crippen molar-refractivity contribution < 1.29 is 29.0 Å². The Balaban J connectivity index is 1.61. The van der Waals surface area contributed by atoms with Crippen LogP contribution in [-0.4, -0.2) is 65.2 Å². The molecule has 3 N–H and O–H groups in total. The molecule has 9 heteroatoms. The fraction of sp³-hybridized carbons (Fsp3) is 0.429. The highest BCUT2D eigenvalue weighted by molar-refractivity contribution is 5.92. The summed E-state index contributed by atoms with van der Waals surface area (Å²) in [7, 11) is 0. The van der Waals surface area contributed by atoms with Gasteiger partial charge in [0.15, 0.2) is 0 Å². The molecular weight excluding hydrogens is 474 g/mol. The maximum absolute atomic E-state index is 13.3. The number of aliphatic carboxylic acids is 1. The van der Waals surface area contributed by atoms with Gasteiger partial charge in [0.2, 0.25) is 11.8 Å². The van der Waals surface area contributed by atoms with Gasteiger partial charge >= 0.3 is 12.1 Å². The molecule has 1 atom stereocenters. The molecule has 0 spiro atoms. The molecule has 0 saturated heterocycles. The summed E-state index contributed by atoms with van der Waals surface area (Å²) in [6.45, 7) is 6.75. The Morgan fingerprint density at radius 2 is 1.59 bits per heavy atom. The van der Waals surface area contributed by atoms with E-state index in [1.54, 1.807) is 20.8 Å².